The molecule has 0 aliphatic carbocycles. The van der Waals surface area contributed by atoms with Gasteiger partial charge < -0.3 is 14.8 Å². The predicted octanol–water partition coefficient (Wildman–Crippen LogP) is 7.48. The molecule has 1 aliphatic rings. The molecule has 8 heteroatoms. The van der Waals surface area contributed by atoms with E-state index < -0.39 is 0 Å². The summed E-state index contributed by atoms with van der Waals surface area (Å²) >= 11 is 7.91. The molecule has 2 amide bonds. The first-order chi connectivity index (χ1) is 18.5. The van der Waals surface area contributed by atoms with Gasteiger partial charge in [0, 0.05) is 27.4 Å². The van der Waals surface area contributed by atoms with Crippen LogP contribution in [0.4, 0.5) is 10.5 Å². The molecule has 6 rings (SSSR count). The Morgan fingerprint density at radius 3 is 2.53 bits per heavy atom. The summed E-state index contributed by atoms with van der Waals surface area (Å²) in [7, 11) is 0. The van der Waals surface area contributed by atoms with Gasteiger partial charge in [-0.3, -0.25) is 0 Å². The van der Waals surface area contributed by atoms with Crippen LogP contribution >= 0.6 is 23.4 Å². The Hall–Kier alpha value is -3.94. The number of carbonyl (C=O) groups is 1. The van der Waals surface area contributed by atoms with Crippen molar-refractivity contribution in [1.82, 2.24) is 19.2 Å². The van der Waals surface area contributed by atoms with Crippen LogP contribution in [0, 0.1) is 6.92 Å². The molecular weight excluding hydrogens is 514 g/mol. The number of aromatic nitrogens is 3. The van der Waals surface area contributed by atoms with Gasteiger partial charge in [0.1, 0.15) is 5.82 Å². The number of carbonyl (C=O) groups excluding carboxylic acids is 1. The Morgan fingerprint density at radius 2 is 1.79 bits per heavy atom. The Morgan fingerprint density at radius 1 is 1.00 bits per heavy atom. The van der Waals surface area contributed by atoms with Crippen LogP contribution in [0.25, 0.3) is 11.5 Å². The third-order valence-corrected chi connectivity index (χ3v) is 7.83. The Bertz CT molecular complexity index is 1610. The summed E-state index contributed by atoms with van der Waals surface area (Å²) in [5.74, 6) is 0.942. The number of aryl methyl sites for hydroxylation is 1. The lowest BCUT2D eigenvalue weighted by atomic mass is 10.0. The van der Waals surface area contributed by atoms with Crippen molar-refractivity contribution in [3.05, 3.63) is 125 Å². The number of para-hydroxylation sites is 1. The van der Waals surface area contributed by atoms with Crippen LogP contribution in [0.1, 0.15) is 28.6 Å². The normalized spacial score (nSPS) is 14.5. The van der Waals surface area contributed by atoms with E-state index in [1.165, 1.54) is 4.90 Å². The summed E-state index contributed by atoms with van der Waals surface area (Å²) in [5.41, 5.74) is 5.51. The molecule has 1 atom stereocenters. The molecule has 0 radical (unpaired) electrons. The number of urea groups is 1. The molecule has 0 saturated carbocycles. The number of thioether (sulfide) groups is 1. The van der Waals surface area contributed by atoms with E-state index in [2.05, 4.69) is 52.7 Å². The predicted molar refractivity (Wildman–Crippen MR) is 154 cm³/mol. The zero-order valence-corrected chi connectivity index (χ0v) is 22.6. The SMILES string of the molecule is CSc1ccc([C@@H]2c3cccn3-c3c(c(C)nn3-c3ccccc3)CN2C(=O)Nc2cccc(Cl)c2)cc1. The number of halogens is 1. The van der Waals surface area contributed by atoms with Gasteiger partial charge in [-0.15, -0.1) is 11.8 Å². The minimum Gasteiger partial charge on any atom is -0.308 e. The van der Waals surface area contributed by atoms with Crippen molar-refractivity contribution < 1.29 is 4.79 Å². The summed E-state index contributed by atoms with van der Waals surface area (Å²) in [6.45, 7) is 2.39. The Balaban J connectivity index is 1.53. The number of nitrogens with one attached hydrogen (secondary N) is 1. The van der Waals surface area contributed by atoms with Crippen molar-refractivity contribution in [2.45, 2.75) is 24.4 Å². The molecule has 3 aromatic carbocycles. The molecule has 1 N–H and O–H groups in total. The minimum absolute atomic E-state index is 0.210. The Kier molecular flexibility index (Phi) is 6.47. The summed E-state index contributed by atoms with van der Waals surface area (Å²) in [6.07, 6.45) is 4.11. The number of amides is 2. The monoisotopic (exact) mass is 539 g/mol. The van der Waals surface area contributed by atoms with Crippen LogP contribution < -0.4 is 5.32 Å². The second kappa shape index (κ2) is 10.1. The maximum Gasteiger partial charge on any atom is 0.322 e. The zero-order chi connectivity index (χ0) is 26.2. The molecule has 3 heterocycles. The van der Waals surface area contributed by atoms with Crippen LogP contribution in [0.3, 0.4) is 0 Å². The number of hydrogen-bond acceptors (Lipinski definition) is 3. The van der Waals surface area contributed by atoms with E-state index in [-0.39, 0.29) is 12.1 Å². The largest absolute Gasteiger partial charge is 0.322 e. The van der Waals surface area contributed by atoms with Gasteiger partial charge in [-0.05, 0) is 73.3 Å². The van der Waals surface area contributed by atoms with E-state index >= 15 is 0 Å². The summed E-state index contributed by atoms with van der Waals surface area (Å²) in [6, 6.07) is 29.3. The number of rotatable bonds is 4. The number of benzene rings is 3. The fourth-order valence-electron chi connectivity index (χ4n) is 5.05. The summed E-state index contributed by atoms with van der Waals surface area (Å²) in [5, 5.41) is 8.55. The topological polar surface area (TPSA) is 55.1 Å². The summed E-state index contributed by atoms with van der Waals surface area (Å²) in [4.78, 5) is 17.1. The molecule has 38 heavy (non-hydrogen) atoms. The lowest BCUT2D eigenvalue weighted by Crippen LogP contribution is -2.38. The van der Waals surface area contributed by atoms with Crippen molar-refractivity contribution in [1.29, 1.82) is 0 Å². The lowest BCUT2D eigenvalue weighted by molar-refractivity contribution is 0.194. The van der Waals surface area contributed by atoms with Gasteiger partial charge in [0.05, 0.1) is 29.7 Å². The third kappa shape index (κ3) is 4.38. The standard InChI is InChI=1S/C30H26ClN5OS/c1-20-26-19-35(30(37)32-23-9-6-8-22(31)18-23)28(21-13-15-25(38-2)16-14-21)27-12-7-17-34(27)29(26)36(33-20)24-10-4-3-5-11-24/h3-18,28H,19H2,1-2H3,(H,32,37)/t28-/m1/s1. The summed E-state index contributed by atoms with van der Waals surface area (Å²) < 4.78 is 4.14. The van der Waals surface area contributed by atoms with E-state index in [9.17, 15) is 4.79 Å². The number of nitrogens with zero attached hydrogens (tertiary/aromatic N) is 4. The molecule has 0 spiro atoms. The van der Waals surface area contributed by atoms with E-state index in [0.29, 0.717) is 17.3 Å². The maximum atomic E-state index is 14.0. The number of fused-ring (bicyclic) bond motifs is 3. The Labute approximate surface area is 230 Å². The van der Waals surface area contributed by atoms with Crippen LogP contribution in [0.15, 0.2) is 102 Å². The van der Waals surface area contributed by atoms with Crippen molar-refractivity contribution in [3.8, 4) is 11.5 Å². The number of anilines is 1. The van der Waals surface area contributed by atoms with Gasteiger partial charge in [-0.1, -0.05) is 48.0 Å². The molecular formula is C30H26ClN5OS. The van der Waals surface area contributed by atoms with Gasteiger partial charge in [-0.25, -0.2) is 9.48 Å². The molecule has 2 aromatic heterocycles. The maximum absolute atomic E-state index is 14.0. The van der Waals surface area contributed by atoms with Crippen molar-refractivity contribution >= 4 is 35.1 Å². The highest BCUT2D eigenvalue weighted by Gasteiger charge is 2.36. The second-order valence-electron chi connectivity index (χ2n) is 9.18. The van der Waals surface area contributed by atoms with Gasteiger partial charge >= 0.3 is 6.03 Å². The average molecular weight is 540 g/mol. The van der Waals surface area contributed by atoms with Crippen LogP contribution in [-0.4, -0.2) is 31.5 Å². The molecule has 0 fully saturated rings. The smallest absolute Gasteiger partial charge is 0.308 e. The van der Waals surface area contributed by atoms with Crippen LogP contribution in [0.5, 0.6) is 0 Å². The van der Waals surface area contributed by atoms with E-state index in [4.69, 9.17) is 16.7 Å². The van der Waals surface area contributed by atoms with E-state index in [1.54, 1.807) is 23.9 Å². The molecule has 190 valence electrons. The highest BCUT2D eigenvalue weighted by atomic mass is 35.5. The molecule has 1 aliphatic heterocycles. The molecule has 0 unspecified atom stereocenters. The van der Waals surface area contributed by atoms with E-state index in [0.717, 1.165) is 34.0 Å². The van der Waals surface area contributed by atoms with E-state index in [1.807, 2.05) is 65.0 Å². The van der Waals surface area contributed by atoms with Crippen LogP contribution in [0.2, 0.25) is 5.02 Å². The van der Waals surface area contributed by atoms with Gasteiger partial charge in [0.2, 0.25) is 0 Å². The lowest BCUT2D eigenvalue weighted by Gasteiger charge is -2.31. The molecule has 0 bridgehead atoms. The first-order valence-electron chi connectivity index (χ1n) is 12.3. The second-order valence-corrected chi connectivity index (χ2v) is 10.5. The highest BCUT2D eigenvalue weighted by molar-refractivity contribution is 7.98. The van der Waals surface area contributed by atoms with Crippen molar-refractivity contribution in [2.75, 3.05) is 11.6 Å². The fourth-order valence-corrected chi connectivity index (χ4v) is 5.65. The highest BCUT2D eigenvalue weighted by Crippen LogP contribution is 2.39. The van der Waals surface area contributed by atoms with Crippen LogP contribution in [-0.2, 0) is 6.54 Å². The third-order valence-electron chi connectivity index (χ3n) is 6.86. The minimum atomic E-state index is -0.323. The van der Waals surface area contributed by atoms with Gasteiger partial charge in [0.25, 0.3) is 0 Å². The average Bonchev–Trinajstić information content (AvgIpc) is 3.49. The molecule has 6 nitrogen and oxygen atoms in total. The first-order valence-corrected chi connectivity index (χ1v) is 13.9. The first kappa shape index (κ1) is 24.4. The quantitative estimate of drug-likeness (QED) is 0.241. The van der Waals surface area contributed by atoms with Crippen molar-refractivity contribution in [3.63, 3.8) is 0 Å². The molecule has 0 saturated heterocycles. The fraction of sp³-hybridized carbons (Fsp3) is 0.133. The van der Waals surface area contributed by atoms with Crippen molar-refractivity contribution in [2.24, 2.45) is 0 Å². The molecule has 5 aromatic rings. The van der Waals surface area contributed by atoms with Gasteiger partial charge in [-0.2, -0.15) is 5.10 Å². The number of hydrogen-bond donors (Lipinski definition) is 1. The zero-order valence-electron chi connectivity index (χ0n) is 21.0. The van der Waals surface area contributed by atoms with Gasteiger partial charge in [0.15, 0.2) is 0 Å².